The summed E-state index contributed by atoms with van der Waals surface area (Å²) in [6.45, 7) is 4.59. The number of thiazole rings is 1. The first-order valence-electron chi connectivity index (χ1n) is 9.02. The van der Waals surface area contributed by atoms with E-state index >= 15 is 0 Å². The van der Waals surface area contributed by atoms with Gasteiger partial charge in [0.1, 0.15) is 5.69 Å². The van der Waals surface area contributed by atoms with Crippen LogP contribution < -0.4 is 5.32 Å². The van der Waals surface area contributed by atoms with E-state index in [-0.39, 0.29) is 15.9 Å². The molecule has 1 amide bonds. The van der Waals surface area contributed by atoms with Crippen molar-refractivity contribution in [1.82, 2.24) is 9.55 Å². The van der Waals surface area contributed by atoms with E-state index in [9.17, 15) is 17.6 Å². The SMILES string of the molecule is CC(C)Cc1cc(C(=O)Nc2ncc(F)s2)n(Cc2ccc(S(C)(=O)=O)cc2)c1. The molecule has 3 aromatic rings. The monoisotopic (exact) mass is 435 g/mol. The van der Waals surface area contributed by atoms with Crippen LogP contribution in [0.1, 0.15) is 35.5 Å². The topological polar surface area (TPSA) is 81.1 Å². The van der Waals surface area contributed by atoms with Gasteiger partial charge in [-0.15, -0.1) is 0 Å². The van der Waals surface area contributed by atoms with Crippen LogP contribution in [0.3, 0.4) is 0 Å². The Labute approximate surface area is 173 Å². The molecule has 9 heteroatoms. The highest BCUT2D eigenvalue weighted by atomic mass is 32.2. The molecule has 0 spiro atoms. The van der Waals surface area contributed by atoms with Crippen LogP contribution in [-0.2, 0) is 22.8 Å². The third kappa shape index (κ3) is 5.51. The molecule has 0 saturated carbocycles. The van der Waals surface area contributed by atoms with Crippen molar-refractivity contribution in [2.24, 2.45) is 5.92 Å². The fraction of sp³-hybridized carbons (Fsp3) is 0.300. The number of rotatable bonds is 7. The van der Waals surface area contributed by atoms with E-state index in [2.05, 4.69) is 24.1 Å². The van der Waals surface area contributed by atoms with Gasteiger partial charge in [0.25, 0.3) is 5.91 Å². The van der Waals surface area contributed by atoms with Crippen molar-refractivity contribution in [2.45, 2.75) is 31.7 Å². The highest BCUT2D eigenvalue weighted by molar-refractivity contribution is 7.90. The van der Waals surface area contributed by atoms with E-state index in [1.54, 1.807) is 24.3 Å². The van der Waals surface area contributed by atoms with Gasteiger partial charge in [-0.1, -0.05) is 37.3 Å². The predicted molar refractivity (Wildman–Crippen MR) is 112 cm³/mol. The molecule has 1 aromatic carbocycles. The number of anilines is 1. The Morgan fingerprint density at radius 1 is 1.24 bits per heavy atom. The van der Waals surface area contributed by atoms with Crippen LogP contribution in [-0.4, -0.2) is 30.1 Å². The molecule has 3 rings (SSSR count). The number of nitrogens with zero attached hydrogens (tertiary/aromatic N) is 2. The van der Waals surface area contributed by atoms with Gasteiger partial charge in [0.05, 0.1) is 11.1 Å². The molecule has 0 aliphatic heterocycles. The summed E-state index contributed by atoms with van der Waals surface area (Å²) in [5, 5.41) is 2.36. The van der Waals surface area contributed by atoms with Crippen LogP contribution in [0.25, 0.3) is 0 Å². The first-order chi connectivity index (χ1) is 13.6. The normalized spacial score (nSPS) is 11.8. The number of carbonyl (C=O) groups is 1. The van der Waals surface area contributed by atoms with Gasteiger partial charge < -0.3 is 4.57 Å². The molecule has 0 bridgehead atoms. The molecule has 0 aliphatic rings. The second-order valence-corrected chi connectivity index (χ2v) is 10.3. The lowest BCUT2D eigenvalue weighted by Gasteiger charge is -2.09. The first-order valence-corrected chi connectivity index (χ1v) is 11.7. The van der Waals surface area contributed by atoms with Crippen LogP contribution in [0, 0.1) is 11.0 Å². The summed E-state index contributed by atoms with van der Waals surface area (Å²) in [7, 11) is -3.26. The number of nitrogens with one attached hydrogen (secondary N) is 1. The van der Waals surface area contributed by atoms with Gasteiger partial charge in [-0.3, -0.25) is 10.1 Å². The van der Waals surface area contributed by atoms with Gasteiger partial charge in [0.15, 0.2) is 20.1 Å². The molecular weight excluding hydrogens is 413 g/mol. The van der Waals surface area contributed by atoms with E-state index < -0.39 is 15.0 Å². The van der Waals surface area contributed by atoms with Crippen LogP contribution in [0.4, 0.5) is 9.52 Å². The molecule has 154 valence electrons. The standard InChI is InChI=1S/C20H22FN3O3S2/c1-13(2)8-15-9-17(19(25)23-20-22-10-18(21)28-20)24(12-15)11-14-4-6-16(7-5-14)29(3,26)27/h4-7,9-10,12-13H,8,11H2,1-3H3,(H,22,23,25). The minimum atomic E-state index is -3.26. The number of aromatic nitrogens is 2. The maximum atomic E-state index is 13.2. The molecule has 0 saturated heterocycles. The lowest BCUT2D eigenvalue weighted by Crippen LogP contribution is -2.17. The second kappa shape index (κ2) is 8.46. The maximum absolute atomic E-state index is 13.2. The van der Waals surface area contributed by atoms with Crippen molar-refractivity contribution in [3.63, 3.8) is 0 Å². The van der Waals surface area contributed by atoms with Crippen molar-refractivity contribution < 1.29 is 17.6 Å². The van der Waals surface area contributed by atoms with E-state index in [0.29, 0.717) is 18.2 Å². The van der Waals surface area contributed by atoms with Gasteiger partial charge in [-0.2, -0.15) is 4.39 Å². The number of hydrogen-bond donors (Lipinski definition) is 1. The summed E-state index contributed by atoms with van der Waals surface area (Å²) >= 11 is 0.766. The van der Waals surface area contributed by atoms with Gasteiger partial charge in [-0.05, 0) is 41.7 Å². The number of hydrogen-bond acceptors (Lipinski definition) is 5. The Morgan fingerprint density at radius 2 is 1.93 bits per heavy atom. The molecule has 6 nitrogen and oxygen atoms in total. The average Bonchev–Trinajstić information content (AvgIpc) is 3.20. The van der Waals surface area contributed by atoms with Crippen molar-refractivity contribution in [1.29, 1.82) is 0 Å². The van der Waals surface area contributed by atoms with Crippen LogP contribution in [0.15, 0.2) is 47.6 Å². The number of benzene rings is 1. The number of sulfone groups is 1. The summed E-state index contributed by atoms with van der Waals surface area (Å²) in [4.78, 5) is 16.8. The Hall–Kier alpha value is -2.52. The Kier molecular flexibility index (Phi) is 6.18. The summed E-state index contributed by atoms with van der Waals surface area (Å²) in [6.07, 6.45) is 4.96. The minimum absolute atomic E-state index is 0.197. The van der Waals surface area contributed by atoms with Gasteiger partial charge in [0.2, 0.25) is 0 Å². The highest BCUT2D eigenvalue weighted by Gasteiger charge is 2.17. The number of halogens is 1. The quantitative estimate of drug-likeness (QED) is 0.609. The lowest BCUT2D eigenvalue weighted by atomic mass is 10.1. The third-order valence-corrected chi connectivity index (χ3v) is 6.06. The number of amides is 1. The zero-order chi connectivity index (χ0) is 21.2. The summed E-state index contributed by atoms with van der Waals surface area (Å²) in [5.41, 5.74) is 2.31. The largest absolute Gasteiger partial charge is 0.339 e. The molecule has 2 heterocycles. The molecule has 0 fully saturated rings. The lowest BCUT2D eigenvalue weighted by molar-refractivity contribution is 0.101. The van der Waals surface area contributed by atoms with E-state index in [0.717, 1.165) is 41.3 Å². The van der Waals surface area contributed by atoms with Crippen LogP contribution in [0.2, 0.25) is 0 Å². The molecular formula is C20H22FN3O3S2. The summed E-state index contributed by atoms with van der Waals surface area (Å²) in [5.74, 6) is 0.0472. The molecule has 1 N–H and O–H groups in total. The first kappa shape index (κ1) is 21.2. The Balaban J connectivity index is 1.87. The molecule has 0 atom stereocenters. The average molecular weight is 436 g/mol. The Morgan fingerprint density at radius 3 is 2.48 bits per heavy atom. The zero-order valence-electron chi connectivity index (χ0n) is 16.3. The fourth-order valence-electron chi connectivity index (χ4n) is 2.99. The minimum Gasteiger partial charge on any atom is -0.339 e. The van der Waals surface area contributed by atoms with E-state index in [4.69, 9.17) is 0 Å². The van der Waals surface area contributed by atoms with Crippen molar-refractivity contribution in [2.75, 3.05) is 11.6 Å². The molecule has 2 aromatic heterocycles. The zero-order valence-corrected chi connectivity index (χ0v) is 18.0. The smallest absolute Gasteiger partial charge is 0.274 e. The van der Waals surface area contributed by atoms with E-state index in [1.807, 2.05) is 16.8 Å². The molecule has 29 heavy (non-hydrogen) atoms. The van der Waals surface area contributed by atoms with Crippen molar-refractivity contribution >= 4 is 32.2 Å². The second-order valence-electron chi connectivity index (χ2n) is 7.30. The Bertz CT molecular complexity index is 1120. The highest BCUT2D eigenvalue weighted by Crippen LogP contribution is 2.20. The van der Waals surface area contributed by atoms with Crippen LogP contribution in [0.5, 0.6) is 0 Å². The summed E-state index contributed by atoms with van der Waals surface area (Å²) < 4.78 is 38.3. The molecule has 0 unspecified atom stereocenters. The van der Waals surface area contributed by atoms with E-state index in [1.165, 1.54) is 0 Å². The molecule has 0 aliphatic carbocycles. The fourth-order valence-corrected chi connectivity index (χ4v) is 4.16. The predicted octanol–water partition coefficient (Wildman–Crippen LogP) is 3.99. The van der Waals surface area contributed by atoms with Gasteiger partial charge in [-0.25, -0.2) is 13.4 Å². The van der Waals surface area contributed by atoms with Crippen molar-refractivity contribution in [3.8, 4) is 0 Å². The van der Waals surface area contributed by atoms with Crippen LogP contribution >= 0.6 is 11.3 Å². The maximum Gasteiger partial charge on any atom is 0.274 e. The van der Waals surface area contributed by atoms with Gasteiger partial charge >= 0.3 is 0 Å². The summed E-state index contributed by atoms with van der Waals surface area (Å²) in [6, 6.07) is 8.40. The van der Waals surface area contributed by atoms with Gasteiger partial charge in [0, 0.05) is 19.0 Å². The van der Waals surface area contributed by atoms with Crippen molar-refractivity contribution in [3.05, 3.63) is 64.7 Å². The third-order valence-electron chi connectivity index (χ3n) is 4.23. The number of carbonyl (C=O) groups excluding carboxylic acids is 1. The molecule has 0 radical (unpaired) electrons.